The van der Waals surface area contributed by atoms with Crippen molar-refractivity contribution >= 4 is 17.9 Å². The number of nitrogens with zero attached hydrogens (tertiary/aromatic N) is 2. The van der Waals surface area contributed by atoms with Crippen LogP contribution >= 0.6 is 0 Å². The highest BCUT2D eigenvalue weighted by molar-refractivity contribution is 5.90. The minimum absolute atomic E-state index is 0.0359. The molecule has 0 bridgehead atoms. The van der Waals surface area contributed by atoms with E-state index in [2.05, 4.69) is 0 Å². The number of alkyl halides is 9. The summed E-state index contributed by atoms with van der Waals surface area (Å²) < 4.78 is 132. The van der Waals surface area contributed by atoms with Gasteiger partial charge in [-0.1, -0.05) is 36.4 Å². The second-order valence-electron chi connectivity index (χ2n) is 10.3. The third-order valence-corrected chi connectivity index (χ3v) is 7.17. The van der Waals surface area contributed by atoms with Crippen molar-refractivity contribution in [3.63, 3.8) is 0 Å². The fourth-order valence-corrected chi connectivity index (χ4v) is 5.09. The highest BCUT2D eigenvalue weighted by atomic mass is 19.4. The third kappa shape index (κ3) is 7.63. The molecule has 4 rings (SSSR count). The zero-order valence-electron chi connectivity index (χ0n) is 23.6. The molecule has 0 spiro atoms. The lowest BCUT2D eigenvalue weighted by molar-refractivity contribution is -0.143. The monoisotopic (exact) mass is 648 g/mol. The predicted molar refractivity (Wildman–Crippen MR) is 142 cm³/mol. The first-order valence-electron chi connectivity index (χ1n) is 13.2. The number of anilines is 1. The van der Waals surface area contributed by atoms with E-state index in [4.69, 9.17) is 9.47 Å². The Kier molecular flexibility index (Phi) is 9.31. The fourth-order valence-electron chi connectivity index (χ4n) is 5.09. The molecule has 0 saturated heterocycles. The van der Waals surface area contributed by atoms with Crippen LogP contribution in [0, 0.1) is 0 Å². The summed E-state index contributed by atoms with van der Waals surface area (Å²) >= 11 is 0. The van der Waals surface area contributed by atoms with Gasteiger partial charge in [-0.05, 0) is 60.4 Å². The van der Waals surface area contributed by atoms with Crippen molar-refractivity contribution in [1.82, 2.24) is 4.90 Å². The molecular formula is C30H25F9N2O4. The largest absolute Gasteiger partial charge is 0.453 e. The van der Waals surface area contributed by atoms with Gasteiger partial charge in [0.15, 0.2) is 0 Å². The minimum atomic E-state index is -5.16. The van der Waals surface area contributed by atoms with Crippen LogP contribution in [0.15, 0.2) is 66.7 Å². The van der Waals surface area contributed by atoms with Gasteiger partial charge in [0.05, 0.1) is 35.5 Å². The molecular weight excluding hydrogens is 623 g/mol. The molecule has 2 atom stereocenters. The molecule has 3 aromatic carbocycles. The lowest BCUT2D eigenvalue weighted by Crippen LogP contribution is -2.47. The first-order valence-corrected chi connectivity index (χ1v) is 13.2. The van der Waals surface area contributed by atoms with Gasteiger partial charge in [0.25, 0.3) is 0 Å². The van der Waals surface area contributed by atoms with Crippen LogP contribution in [-0.4, -0.2) is 30.2 Å². The Morgan fingerprint density at radius 2 is 1.38 bits per heavy atom. The molecule has 0 saturated carbocycles. The van der Waals surface area contributed by atoms with Gasteiger partial charge in [-0.3, -0.25) is 9.80 Å². The second kappa shape index (κ2) is 12.5. The number of halogens is 9. The average Bonchev–Trinajstić information content (AvgIpc) is 2.96. The Morgan fingerprint density at radius 3 is 1.91 bits per heavy atom. The lowest BCUT2D eigenvalue weighted by atomic mass is 9.89. The molecule has 0 aliphatic carbocycles. The van der Waals surface area contributed by atoms with Crippen LogP contribution in [-0.2, 0) is 41.2 Å². The molecule has 2 amide bonds. The maximum atomic E-state index is 13.7. The molecule has 45 heavy (non-hydrogen) atoms. The molecule has 0 aromatic heterocycles. The topological polar surface area (TPSA) is 59.1 Å². The van der Waals surface area contributed by atoms with Gasteiger partial charge >= 0.3 is 30.7 Å². The zero-order chi connectivity index (χ0) is 33.3. The van der Waals surface area contributed by atoms with Crippen molar-refractivity contribution < 1.29 is 58.6 Å². The summed E-state index contributed by atoms with van der Waals surface area (Å²) in [5, 5.41) is 0. The third-order valence-electron chi connectivity index (χ3n) is 7.17. The molecule has 6 nitrogen and oxygen atoms in total. The number of rotatable bonds is 5. The van der Waals surface area contributed by atoms with Crippen LogP contribution in [0.2, 0.25) is 0 Å². The van der Waals surface area contributed by atoms with Crippen molar-refractivity contribution in [2.24, 2.45) is 0 Å². The number of methoxy groups -OCH3 is 1. The van der Waals surface area contributed by atoms with Crippen molar-refractivity contribution in [2.75, 3.05) is 12.0 Å². The Morgan fingerprint density at radius 1 is 0.800 bits per heavy atom. The summed E-state index contributed by atoms with van der Waals surface area (Å²) in [5.41, 5.74) is -4.69. The molecule has 1 aliphatic rings. The first kappa shape index (κ1) is 33.5. The molecule has 1 aliphatic heterocycles. The van der Waals surface area contributed by atoms with Crippen LogP contribution in [0.4, 0.5) is 54.8 Å². The van der Waals surface area contributed by atoms with Crippen LogP contribution in [0.25, 0.3) is 0 Å². The van der Waals surface area contributed by atoms with Crippen LogP contribution in [0.5, 0.6) is 0 Å². The number of hydrogen-bond acceptors (Lipinski definition) is 4. The average molecular weight is 649 g/mol. The Balaban J connectivity index is 1.78. The van der Waals surface area contributed by atoms with Crippen molar-refractivity contribution in [1.29, 1.82) is 0 Å². The number of amides is 2. The molecule has 0 fully saturated rings. The minimum Gasteiger partial charge on any atom is -0.453 e. The van der Waals surface area contributed by atoms with E-state index in [1.165, 1.54) is 6.92 Å². The number of hydrogen-bond donors (Lipinski definition) is 0. The van der Waals surface area contributed by atoms with Gasteiger partial charge in [0.2, 0.25) is 0 Å². The molecule has 15 heteroatoms. The summed E-state index contributed by atoms with van der Waals surface area (Å²) in [7, 11) is 0.926. The summed E-state index contributed by atoms with van der Waals surface area (Å²) in [6, 6.07) is 9.41. The van der Waals surface area contributed by atoms with Gasteiger partial charge in [-0.15, -0.1) is 0 Å². The number of carbonyl (C=O) groups excluding carboxylic acids is 2. The molecule has 0 radical (unpaired) electrons. The number of carbonyl (C=O) groups is 2. The summed E-state index contributed by atoms with van der Waals surface area (Å²) in [6.07, 6.45) is -17.5. The second-order valence-corrected chi connectivity index (χ2v) is 10.3. The lowest BCUT2D eigenvalue weighted by Gasteiger charge is -2.42. The van der Waals surface area contributed by atoms with E-state index in [1.54, 1.807) is 30.3 Å². The van der Waals surface area contributed by atoms with Gasteiger partial charge in [0.1, 0.15) is 6.61 Å². The Bertz CT molecular complexity index is 1510. The molecule has 0 N–H and O–H groups in total. The summed E-state index contributed by atoms with van der Waals surface area (Å²) in [6.45, 7) is 0.392. The van der Waals surface area contributed by atoms with Gasteiger partial charge in [-0.2, -0.15) is 39.5 Å². The van der Waals surface area contributed by atoms with Gasteiger partial charge in [0, 0.05) is 12.6 Å². The van der Waals surface area contributed by atoms with Crippen molar-refractivity contribution in [3.8, 4) is 0 Å². The van der Waals surface area contributed by atoms with Gasteiger partial charge < -0.3 is 9.47 Å². The van der Waals surface area contributed by atoms with E-state index in [9.17, 15) is 49.1 Å². The van der Waals surface area contributed by atoms with E-state index in [1.807, 2.05) is 0 Å². The molecule has 3 aromatic rings. The zero-order valence-corrected chi connectivity index (χ0v) is 23.6. The molecule has 0 unspecified atom stereocenters. The van der Waals surface area contributed by atoms with E-state index < -0.39 is 71.6 Å². The Labute approximate surface area is 250 Å². The maximum Gasteiger partial charge on any atom is 0.416 e. The normalized spacial score (nSPS) is 17.0. The van der Waals surface area contributed by atoms with Crippen LogP contribution < -0.4 is 4.90 Å². The maximum absolute atomic E-state index is 13.7. The smallest absolute Gasteiger partial charge is 0.416 e. The quantitative estimate of drug-likeness (QED) is 0.259. The van der Waals surface area contributed by atoms with E-state index in [0.29, 0.717) is 29.8 Å². The van der Waals surface area contributed by atoms with Crippen LogP contribution in [0.3, 0.4) is 0 Å². The fraction of sp³-hybridized carbons (Fsp3) is 0.333. The highest BCUT2D eigenvalue weighted by Crippen LogP contribution is 2.45. The van der Waals surface area contributed by atoms with E-state index in [0.717, 1.165) is 23.0 Å². The van der Waals surface area contributed by atoms with Crippen molar-refractivity contribution in [2.45, 2.75) is 57.1 Å². The number of ether oxygens (including phenoxy) is 2. The SMILES string of the molecule is COC(=O)N(Cc1cc(C(F)(F)F)cc(C(F)(F)F)c1)[C@@H]1C[C@H](C)N(C(=O)OCc2ccccc2)c2cc(C(F)(F)F)ccc21. The Hall–Kier alpha value is -4.43. The standard InChI is InChI=1S/C30H25F9N2O4/c1-17-10-24(40(26(42)44-2)15-19-11-21(29(34,35)36)13-22(12-19)30(37,38)39)23-9-8-20(28(31,32)33)14-25(23)41(17)27(43)45-16-18-6-4-3-5-7-18/h3-9,11-14,17,24H,10,15-16H2,1-2H3/t17-,24+/m0/s1. The summed E-state index contributed by atoms with van der Waals surface area (Å²) in [5.74, 6) is 0. The van der Waals surface area contributed by atoms with E-state index in [-0.39, 0.29) is 30.3 Å². The van der Waals surface area contributed by atoms with Crippen molar-refractivity contribution in [3.05, 3.63) is 100 Å². The predicted octanol–water partition coefficient (Wildman–Crippen LogP) is 8.99. The number of benzene rings is 3. The van der Waals surface area contributed by atoms with Crippen LogP contribution in [0.1, 0.15) is 52.8 Å². The number of fused-ring (bicyclic) bond motifs is 1. The molecule has 242 valence electrons. The van der Waals surface area contributed by atoms with E-state index >= 15 is 0 Å². The first-order chi connectivity index (χ1) is 20.9. The summed E-state index contributed by atoms with van der Waals surface area (Å²) in [4.78, 5) is 28.0. The van der Waals surface area contributed by atoms with Gasteiger partial charge in [-0.25, -0.2) is 9.59 Å². The highest BCUT2D eigenvalue weighted by Gasteiger charge is 2.42. The molecule has 1 heterocycles.